The molecule has 2 fully saturated rings. The van der Waals surface area contributed by atoms with Gasteiger partial charge in [-0.15, -0.1) is 0 Å². The smallest absolute Gasteiger partial charge is 0.119 e. The molecular weight excluding hydrogens is 252 g/mol. The molecule has 0 spiro atoms. The van der Waals surface area contributed by atoms with Crippen molar-refractivity contribution in [2.75, 3.05) is 6.61 Å². The molecule has 0 amide bonds. The van der Waals surface area contributed by atoms with E-state index in [-0.39, 0.29) is 11.6 Å². The predicted octanol–water partition coefficient (Wildman–Crippen LogP) is 2.69. The number of rotatable bonds is 5. The number of hydrogen-bond acceptors (Lipinski definition) is 4. The van der Waals surface area contributed by atoms with Crippen LogP contribution in [0.2, 0.25) is 0 Å². The molecule has 2 aliphatic rings. The van der Waals surface area contributed by atoms with E-state index in [2.05, 4.69) is 24.5 Å². The van der Waals surface area contributed by atoms with E-state index in [9.17, 15) is 0 Å². The second-order valence-electron chi connectivity index (χ2n) is 6.10. The highest BCUT2D eigenvalue weighted by atomic mass is 16.5. The molecule has 1 aliphatic heterocycles. The lowest BCUT2D eigenvalue weighted by Crippen LogP contribution is -2.48. The Kier molecular flexibility index (Phi) is 3.96. The second kappa shape index (κ2) is 5.72. The van der Waals surface area contributed by atoms with Gasteiger partial charge in [-0.1, -0.05) is 12.1 Å². The van der Waals surface area contributed by atoms with Crippen LogP contribution < -0.4 is 16.0 Å². The van der Waals surface area contributed by atoms with Crippen LogP contribution in [0, 0.1) is 0 Å². The van der Waals surface area contributed by atoms with E-state index in [0.717, 1.165) is 30.8 Å². The van der Waals surface area contributed by atoms with Gasteiger partial charge in [-0.25, -0.2) is 0 Å². The summed E-state index contributed by atoms with van der Waals surface area (Å²) in [5, 5.41) is 0. The summed E-state index contributed by atoms with van der Waals surface area (Å²) in [6.07, 6.45) is 6.16. The number of hydrazine groups is 1. The van der Waals surface area contributed by atoms with E-state index in [1.165, 1.54) is 19.3 Å². The summed E-state index contributed by atoms with van der Waals surface area (Å²) in [5.74, 6) is 6.73. The number of nitrogens with one attached hydrogen (secondary N) is 1. The average Bonchev–Trinajstić information content (AvgIpc) is 3.26. The molecule has 0 bridgehead atoms. The largest absolute Gasteiger partial charge is 0.490 e. The summed E-state index contributed by atoms with van der Waals surface area (Å²) in [4.78, 5) is 0. The van der Waals surface area contributed by atoms with Gasteiger partial charge in [0.15, 0.2) is 0 Å². The van der Waals surface area contributed by atoms with Gasteiger partial charge in [0.2, 0.25) is 0 Å². The Morgan fingerprint density at radius 1 is 1.30 bits per heavy atom. The molecule has 1 aliphatic carbocycles. The SMILES string of the molecule is CC1(C(NN)c2ccc(OC3CC3)cc2)CCCCO1. The van der Waals surface area contributed by atoms with Crippen molar-refractivity contribution in [2.24, 2.45) is 5.84 Å². The van der Waals surface area contributed by atoms with Crippen molar-refractivity contribution < 1.29 is 9.47 Å². The summed E-state index contributed by atoms with van der Waals surface area (Å²) < 4.78 is 11.8. The lowest BCUT2D eigenvalue weighted by molar-refractivity contribution is -0.0899. The fourth-order valence-corrected chi connectivity index (χ4v) is 2.93. The minimum atomic E-state index is -0.230. The van der Waals surface area contributed by atoms with E-state index in [0.29, 0.717) is 6.10 Å². The molecule has 4 nitrogen and oxygen atoms in total. The summed E-state index contributed by atoms with van der Waals surface area (Å²) in [6, 6.07) is 8.25. The molecule has 1 aromatic rings. The summed E-state index contributed by atoms with van der Waals surface area (Å²) in [7, 11) is 0. The van der Waals surface area contributed by atoms with Crippen LogP contribution in [0.25, 0.3) is 0 Å². The Labute approximate surface area is 120 Å². The highest BCUT2D eigenvalue weighted by Crippen LogP contribution is 2.37. The zero-order chi connectivity index (χ0) is 14.0. The Bertz CT molecular complexity index is 436. The lowest BCUT2D eigenvalue weighted by atomic mass is 9.84. The Balaban J connectivity index is 1.74. The first kappa shape index (κ1) is 13.9. The lowest BCUT2D eigenvalue weighted by Gasteiger charge is -2.40. The zero-order valence-electron chi connectivity index (χ0n) is 12.1. The fourth-order valence-electron chi connectivity index (χ4n) is 2.93. The quantitative estimate of drug-likeness (QED) is 0.641. The van der Waals surface area contributed by atoms with Crippen molar-refractivity contribution in [2.45, 2.75) is 56.8 Å². The van der Waals surface area contributed by atoms with Crippen LogP contribution in [-0.4, -0.2) is 18.3 Å². The molecule has 1 saturated heterocycles. The van der Waals surface area contributed by atoms with Crippen LogP contribution in [0.1, 0.15) is 50.6 Å². The number of benzene rings is 1. The first-order chi connectivity index (χ1) is 9.71. The maximum atomic E-state index is 6.00. The van der Waals surface area contributed by atoms with Crippen LogP contribution in [0.15, 0.2) is 24.3 Å². The predicted molar refractivity (Wildman–Crippen MR) is 78.4 cm³/mol. The van der Waals surface area contributed by atoms with Crippen LogP contribution >= 0.6 is 0 Å². The molecular formula is C16H24N2O2. The van der Waals surface area contributed by atoms with Crippen molar-refractivity contribution >= 4 is 0 Å². The standard InChI is InChI=1S/C16H24N2O2/c1-16(10-2-3-11-19-16)15(18-17)12-4-6-13(7-5-12)20-14-8-9-14/h4-7,14-15,18H,2-3,8-11,17H2,1H3. The Hall–Kier alpha value is -1.10. The van der Waals surface area contributed by atoms with Gasteiger partial charge < -0.3 is 9.47 Å². The van der Waals surface area contributed by atoms with Gasteiger partial charge in [0.05, 0.1) is 17.7 Å². The average molecular weight is 276 g/mol. The highest BCUT2D eigenvalue weighted by Gasteiger charge is 2.37. The van der Waals surface area contributed by atoms with E-state index in [1.54, 1.807) is 0 Å². The van der Waals surface area contributed by atoms with Crippen molar-refractivity contribution in [1.82, 2.24) is 5.43 Å². The summed E-state index contributed by atoms with van der Waals surface area (Å²) in [6.45, 7) is 2.96. The second-order valence-corrected chi connectivity index (χ2v) is 6.10. The van der Waals surface area contributed by atoms with Crippen molar-refractivity contribution in [3.63, 3.8) is 0 Å². The van der Waals surface area contributed by atoms with Crippen LogP contribution in [0.5, 0.6) is 5.75 Å². The normalized spacial score (nSPS) is 28.1. The van der Waals surface area contributed by atoms with Crippen molar-refractivity contribution in [3.05, 3.63) is 29.8 Å². The molecule has 3 N–H and O–H groups in total. The van der Waals surface area contributed by atoms with Gasteiger partial charge in [0.25, 0.3) is 0 Å². The van der Waals surface area contributed by atoms with Crippen LogP contribution in [0.4, 0.5) is 0 Å². The third kappa shape index (κ3) is 2.97. The molecule has 2 atom stereocenters. The van der Waals surface area contributed by atoms with E-state index >= 15 is 0 Å². The van der Waals surface area contributed by atoms with Crippen LogP contribution in [0.3, 0.4) is 0 Å². The molecule has 0 radical (unpaired) electrons. The minimum absolute atomic E-state index is 0.0118. The Morgan fingerprint density at radius 2 is 2.05 bits per heavy atom. The highest BCUT2D eigenvalue weighted by molar-refractivity contribution is 5.31. The number of ether oxygens (including phenoxy) is 2. The van der Waals surface area contributed by atoms with Gasteiger partial charge in [-0.05, 0) is 56.7 Å². The zero-order valence-corrected chi connectivity index (χ0v) is 12.1. The van der Waals surface area contributed by atoms with Crippen molar-refractivity contribution in [1.29, 1.82) is 0 Å². The molecule has 20 heavy (non-hydrogen) atoms. The van der Waals surface area contributed by atoms with E-state index in [4.69, 9.17) is 15.3 Å². The molecule has 2 unspecified atom stereocenters. The molecule has 0 aromatic heterocycles. The summed E-state index contributed by atoms with van der Waals surface area (Å²) >= 11 is 0. The maximum absolute atomic E-state index is 6.00. The molecule has 110 valence electrons. The van der Waals surface area contributed by atoms with Gasteiger partial charge >= 0.3 is 0 Å². The van der Waals surface area contributed by atoms with Gasteiger partial charge in [0, 0.05) is 6.61 Å². The van der Waals surface area contributed by atoms with Gasteiger partial charge in [-0.3, -0.25) is 11.3 Å². The van der Waals surface area contributed by atoms with E-state index in [1.807, 2.05) is 12.1 Å². The minimum Gasteiger partial charge on any atom is -0.490 e. The van der Waals surface area contributed by atoms with Crippen molar-refractivity contribution in [3.8, 4) is 5.75 Å². The third-order valence-corrected chi connectivity index (χ3v) is 4.32. The van der Waals surface area contributed by atoms with E-state index < -0.39 is 0 Å². The number of nitrogens with two attached hydrogens (primary N) is 1. The topological polar surface area (TPSA) is 56.5 Å². The first-order valence-corrected chi connectivity index (χ1v) is 7.58. The molecule has 1 aromatic carbocycles. The molecule has 4 heteroatoms. The number of hydrogen-bond donors (Lipinski definition) is 2. The first-order valence-electron chi connectivity index (χ1n) is 7.58. The maximum Gasteiger partial charge on any atom is 0.119 e. The fraction of sp³-hybridized carbons (Fsp3) is 0.625. The molecule has 1 saturated carbocycles. The molecule has 1 heterocycles. The van der Waals surface area contributed by atoms with Gasteiger partial charge in [-0.2, -0.15) is 0 Å². The monoisotopic (exact) mass is 276 g/mol. The van der Waals surface area contributed by atoms with Crippen LogP contribution in [-0.2, 0) is 4.74 Å². The Morgan fingerprint density at radius 3 is 2.60 bits per heavy atom. The third-order valence-electron chi connectivity index (χ3n) is 4.32. The molecule has 3 rings (SSSR count). The van der Waals surface area contributed by atoms with Gasteiger partial charge in [0.1, 0.15) is 5.75 Å². The summed E-state index contributed by atoms with van der Waals surface area (Å²) in [5.41, 5.74) is 3.86.